The summed E-state index contributed by atoms with van der Waals surface area (Å²) >= 11 is 0. The van der Waals surface area contributed by atoms with Gasteiger partial charge >= 0.3 is 0 Å². The van der Waals surface area contributed by atoms with Crippen molar-refractivity contribution in [3.63, 3.8) is 0 Å². The van der Waals surface area contributed by atoms with Crippen molar-refractivity contribution in [1.29, 1.82) is 0 Å². The lowest BCUT2D eigenvalue weighted by Gasteiger charge is -2.09. The molecule has 0 spiro atoms. The molecule has 19 heavy (non-hydrogen) atoms. The van der Waals surface area contributed by atoms with E-state index in [1.54, 1.807) is 12.1 Å². The number of benzene rings is 1. The summed E-state index contributed by atoms with van der Waals surface area (Å²) in [4.78, 5) is 11.8. The molecule has 104 valence electrons. The smallest absolute Gasteiger partial charge is 0.238 e. The minimum absolute atomic E-state index is 0.0183. The molecule has 6 heteroatoms. The molecule has 1 aromatic carbocycles. The van der Waals surface area contributed by atoms with E-state index in [9.17, 15) is 13.2 Å². The van der Waals surface area contributed by atoms with Gasteiger partial charge in [0.2, 0.25) is 15.9 Å². The molecule has 0 radical (unpaired) electrons. The van der Waals surface area contributed by atoms with Gasteiger partial charge in [0.05, 0.1) is 4.90 Å². The van der Waals surface area contributed by atoms with Crippen molar-refractivity contribution in [3.05, 3.63) is 24.3 Å². The second-order valence-electron chi connectivity index (χ2n) is 4.97. The second-order valence-corrected chi connectivity index (χ2v) is 6.53. The SMILES string of the molecule is NS(=O)(=O)c1ccc(NC(=O)CC2CCCC2)cc1. The van der Waals surface area contributed by atoms with Crippen molar-refractivity contribution < 1.29 is 13.2 Å². The molecule has 0 saturated heterocycles. The van der Waals surface area contributed by atoms with E-state index in [-0.39, 0.29) is 10.8 Å². The highest BCUT2D eigenvalue weighted by Crippen LogP contribution is 2.27. The summed E-state index contributed by atoms with van der Waals surface area (Å²) in [6.45, 7) is 0. The molecule has 0 aromatic heterocycles. The van der Waals surface area contributed by atoms with Crippen molar-refractivity contribution in [3.8, 4) is 0 Å². The maximum Gasteiger partial charge on any atom is 0.238 e. The van der Waals surface area contributed by atoms with Crippen LogP contribution in [0.4, 0.5) is 5.69 Å². The van der Waals surface area contributed by atoms with E-state index in [0.29, 0.717) is 18.0 Å². The molecule has 0 aliphatic heterocycles. The number of nitrogens with two attached hydrogens (primary N) is 1. The van der Waals surface area contributed by atoms with Crippen LogP contribution in [0.3, 0.4) is 0 Å². The summed E-state index contributed by atoms with van der Waals surface area (Å²) in [5, 5.41) is 7.77. The minimum Gasteiger partial charge on any atom is -0.326 e. The third-order valence-electron chi connectivity index (χ3n) is 3.42. The molecule has 1 aliphatic carbocycles. The lowest BCUT2D eigenvalue weighted by atomic mass is 10.0. The van der Waals surface area contributed by atoms with Crippen molar-refractivity contribution in [2.24, 2.45) is 11.1 Å². The summed E-state index contributed by atoms with van der Waals surface area (Å²) in [5.74, 6) is 0.471. The van der Waals surface area contributed by atoms with Gasteiger partial charge in [0.15, 0.2) is 0 Å². The zero-order valence-corrected chi connectivity index (χ0v) is 11.4. The van der Waals surface area contributed by atoms with Crippen molar-refractivity contribution >= 4 is 21.6 Å². The lowest BCUT2D eigenvalue weighted by molar-refractivity contribution is -0.117. The van der Waals surface area contributed by atoms with Gasteiger partial charge in [-0.05, 0) is 43.0 Å². The molecular formula is C13H18N2O3S. The van der Waals surface area contributed by atoms with Crippen LogP contribution in [-0.4, -0.2) is 14.3 Å². The number of sulfonamides is 1. The fourth-order valence-electron chi connectivity index (χ4n) is 2.42. The lowest BCUT2D eigenvalue weighted by Crippen LogP contribution is -2.15. The second kappa shape index (κ2) is 5.71. The Kier molecular flexibility index (Phi) is 4.21. The third kappa shape index (κ3) is 4.04. The number of primary sulfonamides is 1. The molecule has 0 unspecified atom stereocenters. The number of anilines is 1. The molecule has 3 N–H and O–H groups in total. The van der Waals surface area contributed by atoms with Crippen LogP contribution in [0.1, 0.15) is 32.1 Å². The zero-order chi connectivity index (χ0) is 13.9. The summed E-state index contributed by atoms with van der Waals surface area (Å²) in [6, 6.07) is 5.87. The molecular weight excluding hydrogens is 264 g/mol. The topological polar surface area (TPSA) is 89.3 Å². The van der Waals surface area contributed by atoms with Crippen LogP contribution in [0, 0.1) is 5.92 Å². The zero-order valence-electron chi connectivity index (χ0n) is 10.6. The number of amides is 1. The molecule has 1 amide bonds. The van der Waals surface area contributed by atoms with Crippen LogP contribution in [0.25, 0.3) is 0 Å². The van der Waals surface area contributed by atoms with Crippen LogP contribution in [-0.2, 0) is 14.8 Å². The van der Waals surface area contributed by atoms with Crippen molar-refractivity contribution in [2.75, 3.05) is 5.32 Å². The van der Waals surface area contributed by atoms with E-state index >= 15 is 0 Å². The Morgan fingerprint density at radius 1 is 1.21 bits per heavy atom. The molecule has 2 rings (SSSR count). The minimum atomic E-state index is -3.68. The van der Waals surface area contributed by atoms with Crippen LogP contribution in [0.5, 0.6) is 0 Å². The number of hydrogen-bond acceptors (Lipinski definition) is 3. The van der Waals surface area contributed by atoms with Gasteiger partial charge in [-0.15, -0.1) is 0 Å². The van der Waals surface area contributed by atoms with Gasteiger partial charge in [0.25, 0.3) is 0 Å². The van der Waals surface area contributed by atoms with Crippen LogP contribution < -0.4 is 10.5 Å². The quantitative estimate of drug-likeness (QED) is 0.883. The summed E-state index contributed by atoms with van der Waals surface area (Å²) in [5.41, 5.74) is 0.593. The fraction of sp³-hybridized carbons (Fsp3) is 0.462. The number of carbonyl (C=O) groups is 1. The Bertz CT molecular complexity index is 546. The Morgan fingerprint density at radius 3 is 2.32 bits per heavy atom. The monoisotopic (exact) mass is 282 g/mol. The Hall–Kier alpha value is -1.40. The van der Waals surface area contributed by atoms with E-state index in [0.717, 1.165) is 12.8 Å². The standard InChI is InChI=1S/C13H18N2O3S/c14-19(17,18)12-7-5-11(6-8-12)15-13(16)9-10-3-1-2-4-10/h5-8,10H,1-4,9H2,(H,15,16)(H2,14,17,18). The third-order valence-corrected chi connectivity index (χ3v) is 4.34. The highest BCUT2D eigenvalue weighted by atomic mass is 32.2. The van der Waals surface area contributed by atoms with Crippen molar-refractivity contribution in [2.45, 2.75) is 37.0 Å². The fourth-order valence-corrected chi connectivity index (χ4v) is 2.93. The number of nitrogens with one attached hydrogen (secondary N) is 1. The summed E-state index contributed by atoms with van der Waals surface area (Å²) in [6.07, 6.45) is 5.20. The van der Waals surface area contributed by atoms with E-state index in [4.69, 9.17) is 5.14 Å². The highest BCUT2D eigenvalue weighted by Gasteiger charge is 2.18. The number of hydrogen-bond donors (Lipinski definition) is 2. The molecule has 0 bridgehead atoms. The van der Waals surface area contributed by atoms with Gasteiger partial charge in [-0.3, -0.25) is 4.79 Å². The Morgan fingerprint density at radius 2 is 1.79 bits per heavy atom. The maximum absolute atomic E-state index is 11.8. The van der Waals surface area contributed by atoms with Gasteiger partial charge in [0, 0.05) is 12.1 Å². The Balaban J connectivity index is 1.93. The molecule has 1 aliphatic rings. The van der Waals surface area contributed by atoms with E-state index in [1.807, 2.05) is 0 Å². The predicted molar refractivity (Wildman–Crippen MR) is 73.0 cm³/mol. The van der Waals surface area contributed by atoms with Gasteiger partial charge in [-0.1, -0.05) is 12.8 Å². The Labute approximate surface area is 113 Å². The normalized spacial score (nSPS) is 16.5. The van der Waals surface area contributed by atoms with Gasteiger partial charge in [0.1, 0.15) is 0 Å². The maximum atomic E-state index is 11.8. The first-order chi connectivity index (χ1) is 8.95. The average Bonchev–Trinajstić information content (AvgIpc) is 2.81. The molecule has 5 nitrogen and oxygen atoms in total. The first-order valence-electron chi connectivity index (χ1n) is 6.38. The molecule has 1 fully saturated rings. The number of rotatable bonds is 4. The summed E-state index contributed by atoms with van der Waals surface area (Å²) in [7, 11) is -3.68. The molecule has 0 heterocycles. The first kappa shape index (κ1) is 14.0. The van der Waals surface area contributed by atoms with E-state index in [2.05, 4.69) is 5.32 Å². The van der Waals surface area contributed by atoms with Crippen LogP contribution in [0.15, 0.2) is 29.2 Å². The average molecular weight is 282 g/mol. The predicted octanol–water partition coefficient (Wildman–Crippen LogP) is 1.85. The van der Waals surface area contributed by atoms with Crippen LogP contribution >= 0.6 is 0 Å². The largest absolute Gasteiger partial charge is 0.326 e. The van der Waals surface area contributed by atoms with Crippen LogP contribution in [0.2, 0.25) is 0 Å². The van der Waals surface area contributed by atoms with Gasteiger partial charge < -0.3 is 5.32 Å². The number of carbonyl (C=O) groups excluding carboxylic acids is 1. The molecule has 1 aromatic rings. The van der Waals surface area contributed by atoms with E-state index in [1.165, 1.54) is 25.0 Å². The first-order valence-corrected chi connectivity index (χ1v) is 7.92. The summed E-state index contributed by atoms with van der Waals surface area (Å²) < 4.78 is 22.2. The van der Waals surface area contributed by atoms with E-state index < -0.39 is 10.0 Å². The molecule has 0 atom stereocenters. The van der Waals surface area contributed by atoms with Gasteiger partial charge in [-0.25, -0.2) is 13.6 Å². The highest BCUT2D eigenvalue weighted by molar-refractivity contribution is 7.89. The van der Waals surface area contributed by atoms with Gasteiger partial charge in [-0.2, -0.15) is 0 Å². The van der Waals surface area contributed by atoms with Crippen molar-refractivity contribution in [1.82, 2.24) is 0 Å². The molecule has 1 saturated carbocycles.